The van der Waals surface area contributed by atoms with Crippen LogP contribution in [0.15, 0.2) is 18.2 Å². The van der Waals surface area contributed by atoms with E-state index in [0.29, 0.717) is 10.8 Å². The number of esters is 1. The number of ketones is 1. The number of ether oxygens (including phenoxy) is 2. The summed E-state index contributed by atoms with van der Waals surface area (Å²) in [5.74, 6) is -0.974. The number of Topliss-reactive ketones (excluding diaryl/α,β-unsaturated/α-hetero) is 1. The van der Waals surface area contributed by atoms with E-state index in [9.17, 15) is 14.7 Å². The molecule has 0 aliphatic rings. The molecular formula is C12H13ClO5. The molecule has 0 saturated heterocycles. The second-order valence-corrected chi connectivity index (χ2v) is 3.95. The average molecular weight is 273 g/mol. The number of carbonyl (C=O) groups excluding carboxylic acids is 2. The van der Waals surface area contributed by atoms with E-state index in [-0.39, 0.29) is 12.0 Å². The molecule has 0 saturated carbocycles. The average Bonchev–Trinajstić information content (AvgIpc) is 2.37. The van der Waals surface area contributed by atoms with E-state index in [1.165, 1.54) is 13.2 Å². The van der Waals surface area contributed by atoms with Gasteiger partial charge in [0, 0.05) is 11.4 Å². The molecule has 1 N–H and O–H groups in total. The molecule has 0 aromatic heterocycles. The first kappa shape index (κ1) is 14.5. The molecule has 98 valence electrons. The zero-order valence-corrected chi connectivity index (χ0v) is 10.7. The Labute approximate surface area is 109 Å². The van der Waals surface area contributed by atoms with Crippen LogP contribution in [0.5, 0.6) is 5.75 Å². The Balaban J connectivity index is 2.90. The van der Waals surface area contributed by atoms with E-state index in [1.54, 1.807) is 12.1 Å². The van der Waals surface area contributed by atoms with Crippen LogP contribution in [0.2, 0.25) is 5.02 Å². The van der Waals surface area contributed by atoms with Gasteiger partial charge in [0.2, 0.25) is 0 Å². The minimum absolute atomic E-state index is 0.216. The Morgan fingerprint density at radius 2 is 2.06 bits per heavy atom. The van der Waals surface area contributed by atoms with E-state index < -0.39 is 17.9 Å². The molecule has 0 fully saturated rings. The minimum Gasteiger partial charge on any atom is -0.496 e. The Morgan fingerprint density at radius 1 is 1.39 bits per heavy atom. The van der Waals surface area contributed by atoms with Crippen LogP contribution in [-0.2, 0) is 9.53 Å². The SMILES string of the molecule is COC(=O)C(O)CC(=O)c1cc(Cl)ccc1OC. The second-order valence-electron chi connectivity index (χ2n) is 3.51. The van der Waals surface area contributed by atoms with Crippen molar-refractivity contribution in [2.45, 2.75) is 12.5 Å². The first-order valence-electron chi connectivity index (χ1n) is 5.12. The molecule has 1 aromatic carbocycles. The summed E-state index contributed by atoms with van der Waals surface area (Å²) < 4.78 is 9.34. The monoisotopic (exact) mass is 272 g/mol. The molecule has 0 radical (unpaired) electrons. The first-order valence-corrected chi connectivity index (χ1v) is 5.50. The third-order valence-corrected chi connectivity index (χ3v) is 2.55. The van der Waals surface area contributed by atoms with Crippen LogP contribution in [0.1, 0.15) is 16.8 Å². The lowest BCUT2D eigenvalue weighted by atomic mass is 10.0. The smallest absolute Gasteiger partial charge is 0.335 e. The summed E-state index contributed by atoms with van der Waals surface area (Å²) in [6.45, 7) is 0. The Hall–Kier alpha value is -1.59. The summed E-state index contributed by atoms with van der Waals surface area (Å²) in [4.78, 5) is 22.9. The van der Waals surface area contributed by atoms with Gasteiger partial charge in [-0.2, -0.15) is 0 Å². The predicted octanol–water partition coefficient (Wildman–Crippen LogP) is 1.46. The molecule has 1 aromatic rings. The van der Waals surface area contributed by atoms with Crippen molar-refractivity contribution in [2.24, 2.45) is 0 Å². The molecule has 1 unspecified atom stereocenters. The van der Waals surface area contributed by atoms with Crippen molar-refractivity contribution >= 4 is 23.4 Å². The summed E-state index contributed by atoms with van der Waals surface area (Å²) in [5.41, 5.74) is 0.216. The van der Waals surface area contributed by atoms with Crippen LogP contribution >= 0.6 is 11.6 Å². The highest BCUT2D eigenvalue weighted by Gasteiger charge is 2.22. The normalized spacial score (nSPS) is 11.8. The highest BCUT2D eigenvalue weighted by Crippen LogP contribution is 2.24. The second kappa shape index (κ2) is 6.37. The van der Waals surface area contributed by atoms with E-state index in [1.807, 2.05) is 0 Å². The molecule has 0 heterocycles. The van der Waals surface area contributed by atoms with E-state index in [2.05, 4.69) is 4.74 Å². The lowest BCUT2D eigenvalue weighted by Gasteiger charge is -2.10. The van der Waals surface area contributed by atoms with Crippen LogP contribution < -0.4 is 4.74 Å². The number of halogens is 1. The summed E-state index contributed by atoms with van der Waals surface area (Å²) in [7, 11) is 2.55. The van der Waals surface area contributed by atoms with E-state index >= 15 is 0 Å². The van der Waals surface area contributed by atoms with Crippen LogP contribution in [0, 0.1) is 0 Å². The van der Waals surface area contributed by atoms with Crippen molar-refractivity contribution in [1.29, 1.82) is 0 Å². The maximum Gasteiger partial charge on any atom is 0.335 e. The summed E-state index contributed by atoms with van der Waals surface area (Å²) in [5, 5.41) is 9.78. The maximum absolute atomic E-state index is 11.9. The largest absolute Gasteiger partial charge is 0.496 e. The number of aliphatic hydroxyl groups is 1. The van der Waals surface area contributed by atoms with Gasteiger partial charge in [0.25, 0.3) is 0 Å². The van der Waals surface area contributed by atoms with Gasteiger partial charge in [0.1, 0.15) is 5.75 Å². The van der Waals surface area contributed by atoms with Crippen molar-refractivity contribution in [3.63, 3.8) is 0 Å². The highest BCUT2D eigenvalue weighted by molar-refractivity contribution is 6.31. The molecule has 18 heavy (non-hydrogen) atoms. The van der Waals surface area contributed by atoms with Crippen LogP contribution in [0.25, 0.3) is 0 Å². The zero-order chi connectivity index (χ0) is 13.7. The maximum atomic E-state index is 11.9. The highest BCUT2D eigenvalue weighted by atomic mass is 35.5. The van der Waals surface area contributed by atoms with Gasteiger partial charge in [0.15, 0.2) is 11.9 Å². The number of rotatable bonds is 5. The third kappa shape index (κ3) is 3.45. The molecule has 0 aliphatic carbocycles. The lowest BCUT2D eigenvalue weighted by Crippen LogP contribution is -2.25. The summed E-state index contributed by atoms with van der Waals surface area (Å²) >= 11 is 5.78. The van der Waals surface area contributed by atoms with Crippen molar-refractivity contribution in [3.8, 4) is 5.75 Å². The lowest BCUT2D eigenvalue weighted by molar-refractivity contribution is -0.150. The number of aliphatic hydroxyl groups excluding tert-OH is 1. The van der Waals surface area contributed by atoms with Crippen LogP contribution in [0.3, 0.4) is 0 Å². The van der Waals surface area contributed by atoms with Gasteiger partial charge >= 0.3 is 5.97 Å². The Bertz CT molecular complexity index is 458. The fraction of sp³-hybridized carbons (Fsp3) is 0.333. The van der Waals surface area contributed by atoms with E-state index in [4.69, 9.17) is 16.3 Å². The molecule has 5 nitrogen and oxygen atoms in total. The fourth-order valence-electron chi connectivity index (χ4n) is 1.40. The van der Waals surface area contributed by atoms with Gasteiger partial charge in [-0.05, 0) is 18.2 Å². The van der Waals surface area contributed by atoms with Gasteiger partial charge < -0.3 is 14.6 Å². The molecule has 0 spiro atoms. The predicted molar refractivity (Wildman–Crippen MR) is 65.0 cm³/mol. The molecule has 0 aliphatic heterocycles. The molecule has 6 heteroatoms. The summed E-state index contributed by atoms with van der Waals surface area (Å²) in [6.07, 6.45) is -1.88. The van der Waals surface area contributed by atoms with Gasteiger partial charge in [-0.3, -0.25) is 4.79 Å². The molecular weight excluding hydrogens is 260 g/mol. The van der Waals surface area contributed by atoms with Gasteiger partial charge in [-0.25, -0.2) is 4.79 Å². The number of benzene rings is 1. The first-order chi connectivity index (χ1) is 8.49. The molecule has 0 amide bonds. The van der Waals surface area contributed by atoms with Crippen molar-refractivity contribution < 1.29 is 24.2 Å². The van der Waals surface area contributed by atoms with Gasteiger partial charge in [-0.1, -0.05) is 11.6 Å². The van der Waals surface area contributed by atoms with Crippen molar-refractivity contribution in [3.05, 3.63) is 28.8 Å². The van der Waals surface area contributed by atoms with Crippen LogP contribution in [-0.4, -0.2) is 37.2 Å². The number of hydrogen-bond acceptors (Lipinski definition) is 5. The van der Waals surface area contributed by atoms with Crippen molar-refractivity contribution in [2.75, 3.05) is 14.2 Å². The Morgan fingerprint density at radius 3 is 2.61 bits per heavy atom. The van der Waals surface area contributed by atoms with Crippen LogP contribution in [0.4, 0.5) is 0 Å². The molecule has 1 atom stereocenters. The standard InChI is InChI=1S/C12H13ClO5/c1-17-11-4-3-7(13)5-8(11)9(14)6-10(15)12(16)18-2/h3-5,10,15H,6H2,1-2H3. The summed E-state index contributed by atoms with van der Waals surface area (Å²) in [6, 6.07) is 4.54. The Kier molecular flexibility index (Phi) is 5.12. The third-order valence-electron chi connectivity index (χ3n) is 2.31. The molecule has 0 bridgehead atoms. The quantitative estimate of drug-likeness (QED) is 0.649. The fourth-order valence-corrected chi connectivity index (χ4v) is 1.58. The minimum atomic E-state index is -1.49. The van der Waals surface area contributed by atoms with Crippen molar-refractivity contribution in [1.82, 2.24) is 0 Å². The topological polar surface area (TPSA) is 72.8 Å². The molecule has 1 rings (SSSR count). The zero-order valence-electron chi connectivity index (χ0n) is 9.97. The van der Waals surface area contributed by atoms with Gasteiger partial charge in [-0.15, -0.1) is 0 Å². The number of hydrogen-bond donors (Lipinski definition) is 1. The number of methoxy groups -OCH3 is 2. The number of carbonyl (C=O) groups is 2. The van der Waals surface area contributed by atoms with E-state index in [0.717, 1.165) is 7.11 Å². The van der Waals surface area contributed by atoms with Gasteiger partial charge in [0.05, 0.1) is 19.8 Å².